The molecule has 0 atom stereocenters. The lowest BCUT2D eigenvalue weighted by atomic mass is 10.1. The van der Waals surface area contributed by atoms with Crippen LogP contribution in [0.4, 0.5) is 5.13 Å². The van der Waals surface area contributed by atoms with Gasteiger partial charge in [0.25, 0.3) is 0 Å². The van der Waals surface area contributed by atoms with Gasteiger partial charge in [0.1, 0.15) is 6.61 Å². The van der Waals surface area contributed by atoms with E-state index in [1.54, 1.807) is 13.3 Å². The van der Waals surface area contributed by atoms with Crippen LogP contribution in [0.15, 0.2) is 83.3 Å². The Hall–Kier alpha value is -3.64. The van der Waals surface area contributed by atoms with E-state index in [0.29, 0.717) is 18.1 Å². The first-order valence-electron chi connectivity index (χ1n) is 9.88. The van der Waals surface area contributed by atoms with Crippen molar-refractivity contribution < 1.29 is 9.47 Å². The Morgan fingerprint density at radius 3 is 2.61 bits per heavy atom. The average molecular weight is 430 g/mol. The first-order valence-corrected chi connectivity index (χ1v) is 10.8. The highest BCUT2D eigenvalue weighted by molar-refractivity contribution is 7.14. The van der Waals surface area contributed by atoms with E-state index in [4.69, 9.17) is 9.47 Å². The van der Waals surface area contributed by atoms with Crippen LogP contribution in [0, 0.1) is 6.92 Å². The van der Waals surface area contributed by atoms with Gasteiger partial charge in [0, 0.05) is 10.9 Å². The van der Waals surface area contributed by atoms with Gasteiger partial charge in [-0.3, -0.25) is 5.43 Å². The van der Waals surface area contributed by atoms with E-state index in [1.165, 1.54) is 16.9 Å². The molecule has 6 heteroatoms. The normalized spacial score (nSPS) is 10.9. The van der Waals surface area contributed by atoms with E-state index in [1.807, 2.05) is 66.0 Å². The van der Waals surface area contributed by atoms with Gasteiger partial charge in [0.2, 0.25) is 5.13 Å². The molecule has 0 saturated heterocycles. The van der Waals surface area contributed by atoms with Crippen LogP contribution in [0.3, 0.4) is 0 Å². The Balaban J connectivity index is 1.39. The van der Waals surface area contributed by atoms with Crippen molar-refractivity contribution in [3.63, 3.8) is 0 Å². The van der Waals surface area contributed by atoms with Gasteiger partial charge >= 0.3 is 0 Å². The van der Waals surface area contributed by atoms with Crippen LogP contribution < -0.4 is 14.9 Å². The maximum absolute atomic E-state index is 5.98. The number of thiazole rings is 1. The number of nitrogens with zero attached hydrogens (tertiary/aromatic N) is 2. The summed E-state index contributed by atoms with van der Waals surface area (Å²) < 4.78 is 11.5. The summed E-state index contributed by atoms with van der Waals surface area (Å²) in [5.41, 5.74) is 8.26. The summed E-state index contributed by atoms with van der Waals surface area (Å²) >= 11 is 1.51. The summed E-state index contributed by atoms with van der Waals surface area (Å²) in [4.78, 5) is 4.57. The van der Waals surface area contributed by atoms with Gasteiger partial charge in [-0.2, -0.15) is 5.10 Å². The highest BCUT2D eigenvalue weighted by atomic mass is 32.1. The van der Waals surface area contributed by atoms with E-state index in [-0.39, 0.29) is 0 Å². The average Bonchev–Trinajstić information content (AvgIpc) is 3.28. The maximum Gasteiger partial charge on any atom is 0.203 e. The lowest BCUT2D eigenvalue weighted by Crippen LogP contribution is -2.00. The van der Waals surface area contributed by atoms with Crippen molar-refractivity contribution in [1.82, 2.24) is 4.98 Å². The molecule has 1 aromatic heterocycles. The minimum absolute atomic E-state index is 0.492. The summed E-state index contributed by atoms with van der Waals surface area (Å²) in [7, 11) is 1.63. The molecule has 0 aliphatic carbocycles. The van der Waals surface area contributed by atoms with Crippen molar-refractivity contribution in [2.24, 2.45) is 5.10 Å². The monoisotopic (exact) mass is 429 g/mol. The second-order valence-electron chi connectivity index (χ2n) is 6.90. The fourth-order valence-corrected chi connectivity index (χ4v) is 3.71. The Bertz CT molecular complexity index is 1170. The SMILES string of the molecule is COc1cc(C=NNc2nc(-c3ccccc3)cs2)ccc1OCc1ccccc1C. The lowest BCUT2D eigenvalue weighted by molar-refractivity contribution is 0.284. The molecule has 0 amide bonds. The largest absolute Gasteiger partial charge is 0.493 e. The van der Waals surface area contributed by atoms with Gasteiger partial charge < -0.3 is 9.47 Å². The molecule has 5 nitrogen and oxygen atoms in total. The van der Waals surface area contributed by atoms with Gasteiger partial charge in [0.05, 0.1) is 19.0 Å². The molecule has 0 aliphatic rings. The van der Waals surface area contributed by atoms with Crippen LogP contribution in [-0.2, 0) is 6.61 Å². The van der Waals surface area contributed by atoms with Gasteiger partial charge in [-0.1, -0.05) is 54.6 Å². The molecule has 0 aliphatic heterocycles. The zero-order valence-electron chi connectivity index (χ0n) is 17.4. The molecule has 4 rings (SSSR count). The van der Waals surface area contributed by atoms with E-state index >= 15 is 0 Å². The molecule has 1 N–H and O–H groups in total. The third-order valence-electron chi connectivity index (χ3n) is 4.78. The van der Waals surface area contributed by atoms with Gasteiger partial charge in [-0.05, 0) is 41.8 Å². The van der Waals surface area contributed by atoms with Crippen LogP contribution in [0.2, 0.25) is 0 Å². The van der Waals surface area contributed by atoms with E-state index in [0.717, 1.165) is 27.5 Å². The molecule has 0 bridgehead atoms. The molecule has 0 fully saturated rings. The summed E-state index contributed by atoms with van der Waals surface area (Å²) in [5, 5.41) is 7.05. The molecule has 156 valence electrons. The molecule has 31 heavy (non-hydrogen) atoms. The van der Waals surface area contributed by atoms with E-state index in [2.05, 4.69) is 34.6 Å². The van der Waals surface area contributed by atoms with Crippen molar-refractivity contribution >= 4 is 22.7 Å². The fraction of sp³-hybridized carbons (Fsp3) is 0.120. The number of nitrogens with one attached hydrogen (secondary N) is 1. The Kier molecular flexibility index (Phi) is 6.59. The highest BCUT2D eigenvalue weighted by Gasteiger charge is 2.07. The molecule has 0 saturated carbocycles. The van der Waals surface area contributed by atoms with Crippen molar-refractivity contribution in [2.45, 2.75) is 13.5 Å². The third-order valence-corrected chi connectivity index (χ3v) is 5.53. The number of hydrazone groups is 1. The summed E-state index contributed by atoms with van der Waals surface area (Å²) in [6.07, 6.45) is 1.73. The molecule has 1 heterocycles. The highest BCUT2D eigenvalue weighted by Crippen LogP contribution is 2.29. The van der Waals surface area contributed by atoms with Crippen LogP contribution in [0.5, 0.6) is 11.5 Å². The molecule has 0 spiro atoms. The molecular formula is C25H23N3O2S. The van der Waals surface area contributed by atoms with Crippen LogP contribution in [-0.4, -0.2) is 18.3 Å². The van der Waals surface area contributed by atoms with Gasteiger partial charge in [-0.25, -0.2) is 4.98 Å². The summed E-state index contributed by atoms with van der Waals surface area (Å²) in [6.45, 7) is 2.57. The number of benzene rings is 3. The number of aryl methyl sites for hydroxylation is 1. The fourth-order valence-electron chi connectivity index (χ4n) is 3.04. The minimum atomic E-state index is 0.492. The Morgan fingerprint density at radius 2 is 1.81 bits per heavy atom. The number of anilines is 1. The van der Waals surface area contributed by atoms with Crippen LogP contribution in [0.1, 0.15) is 16.7 Å². The number of ether oxygens (including phenoxy) is 2. The summed E-state index contributed by atoms with van der Waals surface area (Å²) in [6, 6.07) is 24.0. The molecule has 4 aromatic rings. The van der Waals surface area contributed by atoms with Gasteiger partial charge in [-0.15, -0.1) is 11.3 Å². The first-order chi connectivity index (χ1) is 15.2. The standard InChI is InChI=1S/C25H23N3O2S/c1-18-8-6-7-11-21(18)16-30-23-13-12-19(14-24(23)29-2)15-26-28-25-27-22(17-31-25)20-9-4-3-5-10-20/h3-15,17H,16H2,1-2H3,(H,27,28). The van der Waals surface area contributed by atoms with E-state index in [9.17, 15) is 0 Å². The summed E-state index contributed by atoms with van der Waals surface area (Å²) in [5.74, 6) is 1.36. The predicted molar refractivity (Wildman–Crippen MR) is 127 cm³/mol. The van der Waals surface area contributed by atoms with E-state index < -0.39 is 0 Å². The lowest BCUT2D eigenvalue weighted by Gasteiger charge is -2.12. The second-order valence-corrected chi connectivity index (χ2v) is 7.76. The number of methoxy groups -OCH3 is 1. The number of hydrogen-bond donors (Lipinski definition) is 1. The second kappa shape index (κ2) is 9.91. The quantitative estimate of drug-likeness (QED) is 0.269. The minimum Gasteiger partial charge on any atom is -0.493 e. The zero-order chi connectivity index (χ0) is 21.5. The molecule has 0 unspecified atom stereocenters. The smallest absolute Gasteiger partial charge is 0.203 e. The molecular weight excluding hydrogens is 406 g/mol. The molecule has 0 radical (unpaired) electrons. The number of rotatable bonds is 8. The van der Waals surface area contributed by atoms with Crippen molar-refractivity contribution in [1.29, 1.82) is 0 Å². The molecule has 3 aromatic carbocycles. The van der Waals surface area contributed by atoms with Crippen molar-refractivity contribution in [3.8, 4) is 22.8 Å². The number of aromatic nitrogens is 1. The third kappa shape index (κ3) is 5.29. The first kappa shape index (κ1) is 20.6. The van der Waals surface area contributed by atoms with Crippen LogP contribution >= 0.6 is 11.3 Å². The zero-order valence-corrected chi connectivity index (χ0v) is 18.2. The van der Waals surface area contributed by atoms with Crippen LogP contribution in [0.25, 0.3) is 11.3 Å². The van der Waals surface area contributed by atoms with Gasteiger partial charge in [0.15, 0.2) is 11.5 Å². The Morgan fingerprint density at radius 1 is 1.00 bits per heavy atom. The predicted octanol–water partition coefficient (Wildman–Crippen LogP) is 6.15. The maximum atomic E-state index is 5.98. The van der Waals surface area contributed by atoms with Crippen molar-refractivity contribution in [3.05, 3.63) is 94.9 Å². The Labute approximate surface area is 186 Å². The number of hydrogen-bond acceptors (Lipinski definition) is 6. The van der Waals surface area contributed by atoms with Crippen molar-refractivity contribution in [2.75, 3.05) is 12.5 Å². The topological polar surface area (TPSA) is 55.7 Å².